The van der Waals surface area contributed by atoms with E-state index in [9.17, 15) is 4.79 Å². The predicted molar refractivity (Wildman–Crippen MR) is 92.0 cm³/mol. The molecule has 0 aliphatic carbocycles. The lowest BCUT2D eigenvalue weighted by molar-refractivity contribution is -0.133. The molecule has 1 aliphatic rings. The van der Waals surface area contributed by atoms with E-state index in [0.29, 0.717) is 23.3 Å². The number of carbonyl (C=O) groups is 1. The molecule has 1 N–H and O–H groups in total. The Kier molecular flexibility index (Phi) is 6.27. The van der Waals surface area contributed by atoms with Crippen molar-refractivity contribution in [2.75, 3.05) is 20.1 Å². The number of halogens is 1. The Bertz CT molecular complexity index is 500. The molecule has 0 spiro atoms. The van der Waals surface area contributed by atoms with Crippen LogP contribution in [-0.4, -0.2) is 30.9 Å². The fraction of sp³-hybridized carbons (Fsp3) is 0.611. The van der Waals surface area contributed by atoms with Gasteiger partial charge < -0.3 is 10.2 Å². The first-order valence-electron chi connectivity index (χ1n) is 8.21. The molecule has 122 valence electrons. The van der Waals surface area contributed by atoms with Gasteiger partial charge in [0, 0.05) is 18.5 Å². The van der Waals surface area contributed by atoms with Crippen LogP contribution in [-0.2, 0) is 4.79 Å². The number of benzene rings is 1. The third kappa shape index (κ3) is 4.47. The molecule has 1 aromatic rings. The average Bonchev–Trinajstić information content (AvgIpc) is 2.54. The van der Waals surface area contributed by atoms with E-state index in [1.807, 2.05) is 36.2 Å². The van der Waals surface area contributed by atoms with Crippen LogP contribution >= 0.6 is 11.6 Å². The fourth-order valence-corrected chi connectivity index (χ4v) is 3.40. The highest BCUT2D eigenvalue weighted by Crippen LogP contribution is 2.27. The highest BCUT2D eigenvalue weighted by atomic mass is 35.5. The van der Waals surface area contributed by atoms with Crippen LogP contribution in [0.15, 0.2) is 24.3 Å². The maximum Gasteiger partial charge on any atom is 0.223 e. The summed E-state index contributed by atoms with van der Waals surface area (Å²) < 4.78 is 0. The molecule has 0 bridgehead atoms. The quantitative estimate of drug-likeness (QED) is 0.892. The van der Waals surface area contributed by atoms with Crippen LogP contribution in [0.2, 0.25) is 5.02 Å². The van der Waals surface area contributed by atoms with E-state index in [-0.39, 0.29) is 11.9 Å². The van der Waals surface area contributed by atoms with Crippen molar-refractivity contribution >= 4 is 17.5 Å². The lowest BCUT2D eigenvalue weighted by atomic mass is 9.84. The largest absolute Gasteiger partial charge is 0.339 e. The highest BCUT2D eigenvalue weighted by Gasteiger charge is 2.25. The molecule has 0 saturated carbocycles. The Labute approximate surface area is 139 Å². The second-order valence-electron chi connectivity index (χ2n) is 6.50. The van der Waals surface area contributed by atoms with Gasteiger partial charge >= 0.3 is 0 Å². The summed E-state index contributed by atoms with van der Waals surface area (Å²) in [5.74, 6) is 1.34. The predicted octanol–water partition coefficient (Wildman–Crippen LogP) is 3.89. The molecule has 1 aromatic carbocycles. The lowest BCUT2D eigenvalue weighted by Crippen LogP contribution is -2.35. The standard InChI is InChI=1S/C18H27ClN2O/c1-13(15-7-9-20-10-8-15)11-18(22)21(3)14(2)16-5-4-6-17(19)12-16/h4-6,12-15,20H,7-11H2,1-3H3. The van der Waals surface area contributed by atoms with Gasteiger partial charge in [0.2, 0.25) is 5.91 Å². The van der Waals surface area contributed by atoms with E-state index >= 15 is 0 Å². The summed E-state index contributed by atoms with van der Waals surface area (Å²) >= 11 is 6.05. The fourth-order valence-electron chi connectivity index (χ4n) is 3.21. The van der Waals surface area contributed by atoms with Crippen molar-refractivity contribution in [1.29, 1.82) is 0 Å². The molecule has 2 rings (SSSR count). The Morgan fingerprint density at radius 1 is 1.36 bits per heavy atom. The second-order valence-corrected chi connectivity index (χ2v) is 6.94. The maximum atomic E-state index is 12.6. The Hall–Kier alpha value is -1.06. The van der Waals surface area contributed by atoms with Gasteiger partial charge in [-0.15, -0.1) is 0 Å². The minimum atomic E-state index is 0.0476. The van der Waals surface area contributed by atoms with Gasteiger partial charge in [-0.05, 0) is 62.4 Å². The number of hydrogen-bond acceptors (Lipinski definition) is 2. The molecule has 4 heteroatoms. The van der Waals surface area contributed by atoms with E-state index in [1.54, 1.807) is 0 Å². The molecular formula is C18H27ClN2O. The van der Waals surface area contributed by atoms with Gasteiger partial charge in [0.15, 0.2) is 0 Å². The molecule has 1 aliphatic heterocycles. The third-order valence-corrected chi connectivity index (χ3v) is 5.23. The minimum absolute atomic E-state index is 0.0476. The van der Waals surface area contributed by atoms with Crippen LogP contribution in [0.4, 0.5) is 0 Å². The summed E-state index contributed by atoms with van der Waals surface area (Å²) in [5.41, 5.74) is 1.08. The van der Waals surface area contributed by atoms with Gasteiger partial charge in [-0.2, -0.15) is 0 Å². The van der Waals surface area contributed by atoms with Crippen molar-refractivity contribution in [1.82, 2.24) is 10.2 Å². The first-order valence-corrected chi connectivity index (χ1v) is 8.58. The van der Waals surface area contributed by atoms with Crippen LogP contribution in [0, 0.1) is 11.8 Å². The monoisotopic (exact) mass is 322 g/mol. The molecule has 3 nitrogen and oxygen atoms in total. The van der Waals surface area contributed by atoms with Crippen molar-refractivity contribution < 1.29 is 4.79 Å². The van der Waals surface area contributed by atoms with E-state index < -0.39 is 0 Å². The zero-order valence-electron chi connectivity index (χ0n) is 13.8. The minimum Gasteiger partial charge on any atom is -0.339 e. The molecule has 2 atom stereocenters. The van der Waals surface area contributed by atoms with Crippen molar-refractivity contribution in [2.45, 2.75) is 39.2 Å². The summed E-state index contributed by atoms with van der Waals surface area (Å²) in [6.45, 7) is 6.43. The third-order valence-electron chi connectivity index (χ3n) is 4.99. The van der Waals surface area contributed by atoms with Gasteiger partial charge in [0.25, 0.3) is 0 Å². The van der Waals surface area contributed by atoms with E-state index in [1.165, 1.54) is 12.8 Å². The number of amides is 1. The van der Waals surface area contributed by atoms with Gasteiger partial charge in [-0.25, -0.2) is 0 Å². The first-order chi connectivity index (χ1) is 10.5. The molecule has 1 saturated heterocycles. The number of carbonyl (C=O) groups excluding carboxylic acids is 1. The molecule has 22 heavy (non-hydrogen) atoms. The van der Waals surface area contributed by atoms with Crippen molar-refractivity contribution in [3.63, 3.8) is 0 Å². The Morgan fingerprint density at radius 3 is 2.68 bits per heavy atom. The lowest BCUT2D eigenvalue weighted by Gasteiger charge is -2.31. The summed E-state index contributed by atoms with van der Waals surface area (Å²) in [6.07, 6.45) is 3.00. The molecule has 1 amide bonds. The van der Waals surface area contributed by atoms with Gasteiger partial charge in [0.1, 0.15) is 0 Å². The highest BCUT2D eigenvalue weighted by molar-refractivity contribution is 6.30. The van der Waals surface area contributed by atoms with Crippen LogP contribution in [0.3, 0.4) is 0 Å². The average molecular weight is 323 g/mol. The molecule has 1 fully saturated rings. The normalized spacial score (nSPS) is 18.7. The zero-order chi connectivity index (χ0) is 16.1. The topological polar surface area (TPSA) is 32.3 Å². The summed E-state index contributed by atoms with van der Waals surface area (Å²) in [7, 11) is 1.89. The molecule has 2 unspecified atom stereocenters. The van der Waals surface area contributed by atoms with E-state index in [4.69, 9.17) is 11.6 Å². The number of nitrogens with zero attached hydrogens (tertiary/aromatic N) is 1. The van der Waals surface area contributed by atoms with Gasteiger partial charge in [-0.3, -0.25) is 4.79 Å². The van der Waals surface area contributed by atoms with Crippen LogP contribution < -0.4 is 5.32 Å². The van der Waals surface area contributed by atoms with Crippen LogP contribution in [0.1, 0.15) is 44.7 Å². The maximum absolute atomic E-state index is 12.6. The summed E-state index contributed by atoms with van der Waals surface area (Å²) in [4.78, 5) is 14.4. The number of rotatable bonds is 5. The van der Waals surface area contributed by atoms with Crippen LogP contribution in [0.5, 0.6) is 0 Å². The number of hydrogen-bond donors (Lipinski definition) is 1. The molecular weight excluding hydrogens is 296 g/mol. The van der Waals surface area contributed by atoms with Gasteiger partial charge in [0.05, 0.1) is 6.04 Å². The second kappa shape index (κ2) is 7.98. The van der Waals surface area contributed by atoms with Crippen LogP contribution in [0.25, 0.3) is 0 Å². The van der Waals surface area contributed by atoms with Crippen molar-refractivity contribution in [3.05, 3.63) is 34.9 Å². The summed E-state index contributed by atoms with van der Waals surface area (Å²) in [5, 5.41) is 4.10. The Morgan fingerprint density at radius 2 is 2.05 bits per heavy atom. The number of nitrogens with one attached hydrogen (secondary N) is 1. The Balaban J connectivity index is 1.93. The smallest absolute Gasteiger partial charge is 0.223 e. The SMILES string of the molecule is CC(CC(=O)N(C)C(C)c1cccc(Cl)c1)C1CCNCC1. The van der Waals surface area contributed by atoms with E-state index in [2.05, 4.69) is 19.2 Å². The zero-order valence-corrected chi connectivity index (χ0v) is 14.6. The molecule has 0 aromatic heterocycles. The van der Waals surface area contributed by atoms with Crippen molar-refractivity contribution in [3.8, 4) is 0 Å². The molecule has 1 heterocycles. The molecule has 0 radical (unpaired) electrons. The van der Waals surface area contributed by atoms with E-state index in [0.717, 1.165) is 18.7 Å². The van der Waals surface area contributed by atoms with Gasteiger partial charge in [-0.1, -0.05) is 30.7 Å². The first kappa shape index (κ1) is 17.3. The summed E-state index contributed by atoms with van der Waals surface area (Å²) in [6, 6.07) is 7.80. The van der Waals surface area contributed by atoms with Crippen molar-refractivity contribution in [2.24, 2.45) is 11.8 Å². The number of piperidine rings is 1.